The van der Waals surface area contributed by atoms with Crippen LogP contribution in [0, 0.1) is 0 Å². The van der Waals surface area contributed by atoms with E-state index in [-0.39, 0.29) is 0 Å². The second-order valence-corrected chi connectivity index (χ2v) is 17.3. The molecule has 308 valence electrons. The molecule has 0 fully saturated rings. The van der Waals surface area contributed by atoms with Gasteiger partial charge in [-0.25, -0.2) is 0 Å². The van der Waals surface area contributed by atoms with E-state index in [1.54, 1.807) is 0 Å². The van der Waals surface area contributed by atoms with Crippen molar-refractivity contribution in [3.63, 3.8) is 0 Å². The van der Waals surface area contributed by atoms with Crippen LogP contribution in [0.2, 0.25) is 0 Å². The minimum absolute atomic E-state index is 0.888. The first kappa shape index (κ1) is 37.8. The molecule has 0 amide bonds. The summed E-state index contributed by atoms with van der Waals surface area (Å²) in [7, 11) is 0. The smallest absolute Gasteiger partial charge is 0.143 e. The zero-order chi connectivity index (χ0) is 43.6. The number of fused-ring (bicyclic) bond motifs is 9. The third kappa shape index (κ3) is 6.42. The van der Waals surface area contributed by atoms with Gasteiger partial charge in [-0.05, 0) is 143 Å². The lowest BCUT2D eigenvalue weighted by atomic mass is 9.93. The second-order valence-electron chi connectivity index (χ2n) is 17.3. The molecule has 0 aliphatic heterocycles. The van der Waals surface area contributed by atoms with Crippen LogP contribution in [0.15, 0.2) is 253 Å². The summed E-state index contributed by atoms with van der Waals surface area (Å²) in [5.74, 6) is 0. The Morgan fingerprint density at radius 2 is 0.818 bits per heavy atom. The Bertz CT molecular complexity index is 3970. The molecular formula is C64H41NO. The normalized spacial score (nSPS) is 11.6. The van der Waals surface area contributed by atoms with Gasteiger partial charge >= 0.3 is 0 Å². The highest BCUT2D eigenvalue weighted by Gasteiger charge is 2.19. The molecule has 66 heavy (non-hydrogen) atoms. The third-order valence-electron chi connectivity index (χ3n) is 13.4. The maximum atomic E-state index is 6.62. The van der Waals surface area contributed by atoms with Gasteiger partial charge in [0, 0.05) is 33.2 Å². The highest BCUT2D eigenvalue weighted by molar-refractivity contribution is 6.19. The Morgan fingerprint density at radius 3 is 1.58 bits per heavy atom. The van der Waals surface area contributed by atoms with Crippen molar-refractivity contribution in [2.24, 2.45) is 0 Å². The second kappa shape index (κ2) is 15.5. The summed E-state index contributed by atoms with van der Waals surface area (Å²) in [5, 5.41) is 12.1. The third-order valence-corrected chi connectivity index (χ3v) is 13.4. The van der Waals surface area contributed by atoms with E-state index in [1.165, 1.54) is 71.1 Å². The largest absolute Gasteiger partial charge is 0.455 e. The molecule has 12 aromatic carbocycles. The Morgan fingerprint density at radius 1 is 0.258 bits per heavy atom. The molecule has 0 aliphatic rings. The van der Waals surface area contributed by atoms with Crippen LogP contribution in [-0.2, 0) is 0 Å². The summed E-state index contributed by atoms with van der Waals surface area (Å²) in [5.41, 5.74) is 14.5. The van der Waals surface area contributed by atoms with Crippen molar-refractivity contribution in [2.75, 3.05) is 4.90 Å². The minimum atomic E-state index is 0.888. The average molecular weight is 840 g/mol. The standard InChI is InChI=1S/C64H41NO/c1-2-13-48-39-49(28-27-42(48)11-1)45-25-23-43(24-26-45)44-29-34-52(35-30-44)65(53-36-31-47(32-37-53)61-41-51-14-4-5-17-55(51)58-19-7-8-20-59(58)61)54-16-9-15-50(40-54)56-21-10-22-62-63(56)60-38-33-46-12-3-6-18-57(46)64(60)66-62/h1-41H. The summed E-state index contributed by atoms with van der Waals surface area (Å²) in [4.78, 5) is 2.37. The molecule has 13 aromatic rings. The van der Waals surface area contributed by atoms with E-state index in [4.69, 9.17) is 4.42 Å². The molecular weight excluding hydrogens is 799 g/mol. The van der Waals surface area contributed by atoms with Gasteiger partial charge < -0.3 is 9.32 Å². The van der Waals surface area contributed by atoms with E-state index < -0.39 is 0 Å². The summed E-state index contributed by atoms with van der Waals surface area (Å²) in [6.07, 6.45) is 0. The molecule has 0 radical (unpaired) electrons. The molecule has 2 heteroatoms. The molecule has 1 heterocycles. The van der Waals surface area contributed by atoms with Crippen LogP contribution in [0.1, 0.15) is 0 Å². The minimum Gasteiger partial charge on any atom is -0.455 e. The van der Waals surface area contributed by atoms with Crippen LogP contribution in [0.4, 0.5) is 17.1 Å². The van der Waals surface area contributed by atoms with Crippen LogP contribution in [0.3, 0.4) is 0 Å². The van der Waals surface area contributed by atoms with E-state index >= 15 is 0 Å². The van der Waals surface area contributed by atoms with Gasteiger partial charge in [-0.2, -0.15) is 0 Å². The van der Waals surface area contributed by atoms with Gasteiger partial charge in [0.05, 0.1) is 0 Å². The number of benzene rings is 12. The maximum absolute atomic E-state index is 6.62. The van der Waals surface area contributed by atoms with E-state index in [2.05, 4.69) is 254 Å². The first-order chi connectivity index (χ1) is 32.7. The highest BCUT2D eigenvalue weighted by Crippen LogP contribution is 2.43. The van der Waals surface area contributed by atoms with Gasteiger partial charge in [0.25, 0.3) is 0 Å². The fourth-order valence-corrected chi connectivity index (χ4v) is 10.2. The molecule has 0 bridgehead atoms. The fourth-order valence-electron chi connectivity index (χ4n) is 10.2. The Kier molecular flexibility index (Phi) is 8.89. The molecule has 0 aliphatic carbocycles. The molecule has 0 N–H and O–H groups in total. The molecule has 0 spiro atoms. The highest BCUT2D eigenvalue weighted by atomic mass is 16.3. The Balaban J connectivity index is 0.908. The quantitative estimate of drug-likeness (QED) is 0.149. The lowest BCUT2D eigenvalue weighted by Crippen LogP contribution is -2.10. The van der Waals surface area contributed by atoms with Gasteiger partial charge in [-0.15, -0.1) is 0 Å². The summed E-state index contributed by atoms with van der Waals surface area (Å²) >= 11 is 0. The van der Waals surface area contributed by atoms with Gasteiger partial charge in [0.2, 0.25) is 0 Å². The van der Waals surface area contributed by atoms with Crippen molar-refractivity contribution < 1.29 is 4.42 Å². The predicted molar refractivity (Wildman–Crippen MR) is 280 cm³/mol. The van der Waals surface area contributed by atoms with E-state index in [9.17, 15) is 0 Å². The van der Waals surface area contributed by atoms with Crippen LogP contribution in [0.5, 0.6) is 0 Å². The lowest BCUT2D eigenvalue weighted by molar-refractivity contribution is 0.673. The van der Waals surface area contributed by atoms with Crippen LogP contribution in [-0.4, -0.2) is 0 Å². The van der Waals surface area contributed by atoms with Crippen molar-refractivity contribution in [2.45, 2.75) is 0 Å². The number of anilines is 3. The topological polar surface area (TPSA) is 16.4 Å². The summed E-state index contributed by atoms with van der Waals surface area (Å²) < 4.78 is 6.62. The number of rotatable bonds is 7. The van der Waals surface area contributed by atoms with Crippen molar-refractivity contribution in [1.82, 2.24) is 0 Å². The first-order valence-electron chi connectivity index (χ1n) is 22.6. The summed E-state index contributed by atoms with van der Waals surface area (Å²) in [6.45, 7) is 0. The van der Waals surface area contributed by atoms with Gasteiger partial charge in [-0.3, -0.25) is 0 Å². The number of furan rings is 1. The Labute approximate surface area is 382 Å². The molecule has 0 saturated carbocycles. The van der Waals surface area contributed by atoms with Gasteiger partial charge in [-0.1, -0.05) is 188 Å². The molecule has 0 atom stereocenters. The fraction of sp³-hybridized carbons (Fsp3) is 0. The van der Waals surface area contributed by atoms with Crippen molar-refractivity contribution >= 4 is 82.1 Å². The zero-order valence-electron chi connectivity index (χ0n) is 36.0. The summed E-state index contributed by atoms with van der Waals surface area (Å²) in [6, 6.07) is 90.2. The first-order valence-corrected chi connectivity index (χ1v) is 22.6. The van der Waals surface area contributed by atoms with Crippen LogP contribution in [0.25, 0.3) is 110 Å². The lowest BCUT2D eigenvalue weighted by Gasteiger charge is -2.26. The van der Waals surface area contributed by atoms with Crippen molar-refractivity contribution in [3.8, 4) is 44.5 Å². The van der Waals surface area contributed by atoms with Gasteiger partial charge in [0.1, 0.15) is 11.2 Å². The Hall–Kier alpha value is -8.72. The molecule has 1 aromatic heterocycles. The molecule has 13 rings (SSSR count). The monoisotopic (exact) mass is 839 g/mol. The molecule has 0 unspecified atom stereocenters. The number of nitrogens with zero attached hydrogens (tertiary/aromatic N) is 1. The van der Waals surface area contributed by atoms with E-state index in [1.807, 2.05) is 0 Å². The SMILES string of the molecule is c1cc(-c2cccc3oc4c5ccccc5ccc4c23)cc(N(c2ccc(-c3ccc(-c4ccc5ccccc5c4)cc3)cc2)c2ccc(-c3cc4ccccc4c4ccccc34)cc2)c1. The van der Waals surface area contributed by atoms with Gasteiger partial charge in [0.15, 0.2) is 0 Å². The van der Waals surface area contributed by atoms with E-state index in [0.717, 1.165) is 55.5 Å². The zero-order valence-corrected chi connectivity index (χ0v) is 36.0. The average Bonchev–Trinajstić information content (AvgIpc) is 3.79. The molecule has 0 saturated heterocycles. The predicted octanol–water partition coefficient (Wildman–Crippen LogP) is 18.3. The van der Waals surface area contributed by atoms with Crippen LogP contribution < -0.4 is 4.90 Å². The van der Waals surface area contributed by atoms with Crippen LogP contribution >= 0.6 is 0 Å². The maximum Gasteiger partial charge on any atom is 0.143 e. The van der Waals surface area contributed by atoms with Crippen molar-refractivity contribution in [3.05, 3.63) is 249 Å². The van der Waals surface area contributed by atoms with E-state index in [0.29, 0.717) is 0 Å². The molecule has 2 nitrogen and oxygen atoms in total. The van der Waals surface area contributed by atoms with Crippen molar-refractivity contribution in [1.29, 1.82) is 0 Å². The number of hydrogen-bond acceptors (Lipinski definition) is 2. The number of hydrogen-bond donors (Lipinski definition) is 0.